The third kappa shape index (κ3) is 9.54. The first-order chi connectivity index (χ1) is 19.9. The van der Waals surface area contributed by atoms with Gasteiger partial charge in [-0.3, -0.25) is 0 Å². The largest absolute Gasteiger partial charge is 0.573 e. The quantitative estimate of drug-likeness (QED) is 0.141. The number of alkyl halides is 6. The third-order valence-corrected chi connectivity index (χ3v) is 16.1. The maximum atomic E-state index is 12.8. The molecular formula is C27H10F6I8O2. The van der Waals surface area contributed by atoms with Gasteiger partial charge in [-0.15, -0.1) is 26.3 Å². The van der Waals surface area contributed by atoms with Crippen LogP contribution in [0.5, 0.6) is 11.5 Å². The molecule has 0 saturated carbocycles. The van der Waals surface area contributed by atoms with Gasteiger partial charge in [0.1, 0.15) is 11.5 Å². The first-order valence-electron chi connectivity index (χ1n) is 11.3. The summed E-state index contributed by atoms with van der Waals surface area (Å²) in [6.45, 7) is 0. The van der Waals surface area contributed by atoms with E-state index in [4.69, 9.17) is 0 Å². The normalized spacial score (nSPS) is 12.0. The van der Waals surface area contributed by atoms with E-state index in [2.05, 4.69) is 99.8 Å². The Morgan fingerprint density at radius 3 is 1.05 bits per heavy atom. The van der Waals surface area contributed by atoms with Gasteiger partial charge in [0.15, 0.2) is 0 Å². The van der Waals surface area contributed by atoms with E-state index in [1.165, 1.54) is 12.1 Å². The summed E-state index contributed by atoms with van der Waals surface area (Å²) in [5.41, 5.74) is 5.64. The van der Waals surface area contributed by atoms with Crippen molar-refractivity contribution in [1.82, 2.24) is 0 Å². The average molecular weight is 1500 g/mol. The van der Waals surface area contributed by atoms with Gasteiger partial charge in [-0.05, 0) is 263 Å². The molecule has 0 fully saturated rings. The summed E-state index contributed by atoms with van der Waals surface area (Å²) in [7, 11) is 0. The van der Waals surface area contributed by atoms with Crippen molar-refractivity contribution in [2.45, 2.75) is 19.1 Å². The lowest BCUT2D eigenvalue weighted by Crippen LogP contribution is -2.18. The molecule has 4 rings (SSSR count). The topological polar surface area (TPSA) is 18.5 Å². The van der Waals surface area contributed by atoms with Crippen molar-refractivity contribution in [3.8, 4) is 33.8 Å². The van der Waals surface area contributed by atoms with Gasteiger partial charge in [-0.1, -0.05) is 0 Å². The molecule has 0 aromatic heterocycles. The molecule has 0 bridgehead atoms. The van der Waals surface area contributed by atoms with Crippen molar-refractivity contribution in [1.29, 1.82) is 0 Å². The summed E-state index contributed by atoms with van der Waals surface area (Å²) < 4.78 is 91.3. The lowest BCUT2D eigenvalue weighted by Gasteiger charge is -2.17. The molecule has 228 valence electrons. The highest BCUT2D eigenvalue weighted by Crippen LogP contribution is 2.41. The Kier molecular flexibility index (Phi) is 13.3. The number of benzene rings is 4. The summed E-state index contributed by atoms with van der Waals surface area (Å²) in [4.78, 5) is 0. The first-order valence-corrected chi connectivity index (χ1v) is 19.9. The van der Waals surface area contributed by atoms with Crippen molar-refractivity contribution >= 4 is 181 Å². The second-order valence-electron chi connectivity index (χ2n) is 8.59. The molecule has 43 heavy (non-hydrogen) atoms. The molecule has 0 aliphatic rings. The second-order valence-corrected chi connectivity index (χ2v) is 17.6. The Bertz CT molecular complexity index is 1550. The standard InChI is InChI=1S/C27H10F6I8O2/c28-26(29,30)42-20-3-1-12(22(38)24(20)40)10-5-16(34)14(17(35)6-10)9-15-18(36)7-11(8-19(15)37)13-2-4-21(25(41)23(13)39)43-27(31,32)33/h1-8H,9H2. The van der Waals surface area contributed by atoms with E-state index < -0.39 is 12.7 Å². The van der Waals surface area contributed by atoms with Crippen LogP contribution in [0.4, 0.5) is 26.3 Å². The Labute approximate surface area is 351 Å². The number of ether oxygens (including phenoxy) is 2. The lowest BCUT2D eigenvalue weighted by atomic mass is 9.98. The Hall–Kier alpha value is 1.90. The minimum atomic E-state index is -4.77. The minimum absolute atomic E-state index is 0.232. The zero-order valence-corrected chi connectivity index (χ0v) is 37.7. The van der Waals surface area contributed by atoms with E-state index in [1.807, 2.05) is 115 Å². The van der Waals surface area contributed by atoms with Crippen molar-refractivity contribution in [3.63, 3.8) is 0 Å². The van der Waals surface area contributed by atoms with Crippen LogP contribution in [0.15, 0.2) is 48.5 Å². The second kappa shape index (κ2) is 15.2. The molecular weight excluding hydrogens is 1490 g/mol. The molecule has 0 radical (unpaired) electrons. The molecule has 0 unspecified atom stereocenters. The molecule has 0 N–H and O–H groups in total. The molecule has 2 nitrogen and oxygen atoms in total. The highest BCUT2D eigenvalue weighted by atomic mass is 127. The Balaban J connectivity index is 1.66. The first kappa shape index (κ1) is 37.7. The van der Waals surface area contributed by atoms with Crippen LogP contribution in [-0.2, 0) is 6.42 Å². The Morgan fingerprint density at radius 2 is 0.767 bits per heavy atom. The monoisotopic (exact) mass is 1500 g/mol. The molecule has 0 aliphatic carbocycles. The van der Waals surface area contributed by atoms with Crippen LogP contribution in [0.25, 0.3) is 22.3 Å². The third-order valence-electron chi connectivity index (χ3n) is 5.80. The van der Waals surface area contributed by atoms with E-state index >= 15 is 0 Å². The fourth-order valence-electron chi connectivity index (χ4n) is 3.95. The number of hydrogen-bond acceptors (Lipinski definition) is 2. The van der Waals surface area contributed by atoms with Crippen LogP contribution in [0.3, 0.4) is 0 Å². The average Bonchev–Trinajstić information content (AvgIpc) is 2.87. The number of rotatable bonds is 6. The van der Waals surface area contributed by atoms with E-state index in [0.717, 1.165) is 47.7 Å². The molecule has 0 spiro atoms. The van der Waals surface area contributed by atoms with Gasteiger partial charge in [0.05, 0.1) is 7.14 Å². The van der Waals surface area contributed by atoms with Crippen LogP contribution in [0, 0.1) is 28.6 Å². The predicted molar refractivity (Wildman–Crippen MR) is 222 cm³/mol. The van der Waals surface area contributed by atoms with Crippen molar-refractivity contribution in [2.24, 2.45) is 0 Å². The lowest BCUT2D eigenvalue weighted by molar-refractivity contribution is -0.276. The van der Waals surface area contributed by atoms with E-state index in [0.29, 0.717) is 20.7 Å². The van der Waals surface area contributed by atoms with E-state index in [9.17, 15) is 26.3 Å². The highest BCUT2D eigenvalue weighted by Gasteiger charge is 2.33. The van der Waals surface area contributed by atoms with Crippen molar-refractivity contribution < 1.29 is 35.8 Å². The fourth-order valence-corrected chi connectivity index (χ4v) is 10.9. The number of halogens is 14. The van der Waals surface area contributed by atoms with Gasteiger partial charge in [0.25, 0.3) is 0 Å². The Morgan fingerprint density at radius 1 is 0.465 bits per heavy atom. The number of hydrogen-bond donors (Lipinski definition) is 0. The van der Waals surface area contributed by atoms with Gasteiger partial charge >= 0.3 is 12.7 Å². The van der Waals surface area contributed by atoms with Crippen LogP contribution in [-0.4, -0.2) is 12.7 Å². The molecule has 4 aromatic rings. The summed E-state index contributed by atoms with van der Waals surface area (Å²) in [6.07, 6.45) is -8.89. The van der Waals surface area contributed by atoms with Crippen molar-refractivity contribution in [2.75, 3.05) is 0 Å². The molecule has 0 saturated heterocycles. The maximum Gasteiger partial charge on any atom is 0.573 e. The van der Waals surface area contributed by atoms with Crippen LogP contribution in [0.2, 0.25) is 0 Å². The van der Waals surface area contributed by atoms with Gasteiger partial charge in [-0.25, -0.2) is 0 Å². The van der Waals surface area contributed by atoms with Crippen LogP contribution in [0.1, 0.15) is 11.1 Å². The molecule has 0 aliphatic heterocycles. The fraction of sp³-hybridized carbons (Fsp3) is 0.111. The molecule has 0 heterocycles. The summed E-state index contributed by atoms with van der Waals surface area (Å²) in [5.74, 6) is -0.463. The maximum absolute atomic E-state index is 12.8. The SMILES string of the molecule is FC(F)(F)Oc1ccc(-c2cc(I)c(Cc3c(I)cc(-c4ccc(OC(F)(F)F)c(I)c4I)cc3I)c(I)c2)c(I)c1I. The molecule has 4 aromatic carbocycles. The van der Waals surface area contributed by atoms with Crippen LogP contribution >= 0.6 is 181 Å². The van der Waals surface area contributed by atoms with Gasteiger partial charge < -0.3 is 9.47 Å². The zero-order valence-electron chi connectivity index (χ0n) is 20.4. The molecule has 0 amide bonds. The summed E-state index contributed by atoms with van der Waals surface area (Å²) >= 11 is 17.0. The molecule has 0 atom stereocenters. The van der Waals surface area contributed by atoms with Gasteiger partial charge in [0.2, 0.25) is 0 Å². The van der Waals surface area contributed by atoms with Gasteiger partial charge in [-0.2, -0.15) is 0 Å². The highest BCUT2D eigenvalue weighted by molar-refractivity contribution is 14.1. The summed E-state index contributed by atoms with van der Waals surface area (Å²) in [6, 6.07) is 14.1. The minimum Gasteiger partial charge on any atom is -0.405 e. The predicted octanol–water partition coefficient (Wildman–Crippen LogP) is 13.2. The smallest absolute Gasteiger partial charge is 0.405 e. The molecule has 16 heteroatoms. The van der Waals surface area contributed by atoms with Crippen molar-refractivity contribution in [3.05, 3.63) is 88.2 Å². The van der Waals surface area contributed by atoms with Gasteiger partial charge in [0, 0.05) is 27.8 Å². The van der Waals surface area contributed by atoms with E-state index in [-0.39, 0.29) is 11.5 Å². The van der Waals surface area contributed by atoms with E-state index in [1.54, 1.807) is 12.1 Å². The summed E-state index contributed by atoms with van der Waals surface area (Å²) in [5, 5.41) is 0. The zero-order chi connectivity index (χ0) is 32.0. The van der Waals surface area contributed by atoms with Crippen LogP contribution < -0.4 is 9.47 Å².